The highest BCUT2D eigenvalue weighted by atomic mass is 35.5. The van der Waals surface area contributed by atoms with Crippen molar-refractivity contribution in [3.8, 4) is 0 Å². The van der Waals surface area contributed by atoms with Crippen LogP contribution in [0.2, 0.25) is 5.02 Å². The van der Waals surface area contributed by atoms with E-state index in [4.69, 9.17) is 17.3 Å². The normalized spacial score (nSPS) is 11.5. The zero-order valence-electron chi connectivity index (χ0n) is 12.4. The van der Waals surface area contributed by atoms with E-state index in [2.05, 4.69) is 9.71 Å². The van der Waals surface area contributed by atoms with Crippen LogP contribution in [0, 0.1) is 0 Å². The first-order chi connectivity index (χ1) is 11.4. The Hall–Kier alpha value is -2.51. The van der Waals surface area contributed by atoms with E-state index in [0.717, 1.165) is 5.39 Å². The van der Waals surface area contributed by atoms with E-state index in [0.29, 0.717) is 21.8 Å². The maximum Gasteiger partial charge on any atom is 0.261 e. The molecule has 0 spiro atoms. The third-order valence-corrected chi connectivity index (χ3v) is 5.22. The van der Waals surface area contributed by atoms with Crippen LogP contribution in [0.4, 0.5) is 5.69 Å². The number of fused-ring (bicyclic) bond motifs is 1. The van der Waals surface area contributed by atoms with Crippen LogP contribution in [0.1, 0.15) is 5.56 Å². The Labute approximate surface area is 143 Å². The fourth-order valence-corrected chi connectivity index (χ4v) is 3.68. The molecule has 0 aliphatic rings. The number of sulfonamides is 1. The largest absolute Gasteiger partial charge is 0.369 e. The monoisotopic (exact) mass is 363 g/mol. The molecular weight excluding hydrogens is 350 g/mol. The summed E-state index contributed by atoms with van der Waals surface area (Å²) in [6, 6.07) is 11.1. The lowest BCUT2D eigenvalue weighted by molar-refractivity contribution is -0.117. The third-order valence-electron chi connectivity index (χ3n) is 3.52. The van der Waals surface area contributed by atoms with Gasteiger partial charge in [-0.25, -0.2) is 8.42 Å². The van der Waals surface area contributed by atoms with Gasteiger partial charge in [-0.1, -0.05) is 35.9 Å². The van der Waals surface area contributed by atoms with Crippen molar-refractivity contribution in [2.24, 2.45) is 5.73 Å². The van der Waals surface area contributed by atoms with Gasteiger partial charge in [-0.3, -0.25) is 9.52 Å². The number of para-hydroxylation sites is 1. The third kappa shape index (κ3) is 3.22. The molecule has 0 aliphatic heterocycles. The number of benzene rings is 2. The molecule has 1 aromatic heterocycles. The van der Waals surface area contributed by atoms with Crippen LogP contribution in [-0.4, -0.2) is 19.3 Å². The second-order valence-corrected chi connectivity index (χ2v) is 7.35. The Kier molecular flexibility index (Phi) is 4.21. The number of nitrogens with one attached hydrogen (secondary N) is 2. The second-order valence-electron chi connectivity index (χ2n) is 5.26. The van der Waals surface area contributed by atoms with Crippen molar-refractivity contribution in [2.45, 2.75) is 11.3 Å². The van der Waals surface area contributed by atoms with Crippen LogP contribution in [0.5, 0.6) is 0 Å². The Morgan fingerprint density at radius 2 is 1.88 bits per heavy atom. The van der Waals surface area contributed by atoms with Gasteiger partial charge in [-0.2, -0.15) is 0 Å². The molecule has 4 N–H and O–H groups in total. The number of anilines is 1. The van der Waals surface area contributed by atoms with Crippen LogP contribution in [0.15, 0.2) is 53.6 Å². The number of halogens is 1. The van der Waals surface area contributed by atoms with Crippen molar-refractivity contribution in [2.75, 3.05) is 4.72 Å². The van der Waals surface area contributed by atoms with Gasteiger partial charge in [0.2, 0.25) is 5.91 Å². The summed E-state index contributed by atoms with van der Waals surface area (Å²) in [7, 11) is -3.77. The lowest BCUT2D eigenvalue weighted by Gasteiger charge is -2.09. The average Bonchev–Trinajstić information content (AvgIpc) is 2.90. The van der Waals surface area contributed by atoms with Gasteiger partial charge >= 0.3 is 0 Å². The highest BCUT2D eigenvalue weighted by molar-refractivity contribution is 7.92. The molecule has 8 heteroatoms. The summed E-state index contributed by atoms with van der Waals surface area (Å²) in [6.07, 6.45) is 1.66. The maximum atomic E-state index is 12.5. The molecule has 1 heterocycles. The van der Waals surface area contributed by atoms with Crippen molar-refractivity contribution >= 4 is 44.1 Å². The number of primary amides is 1. The topological polar surface area (TPSA) is 105 Å². The highest BCUT2D eigenvalue weighted by Gasteiger charge is 2.16. The van der Waals surface area contributed by atoms with Crippen LogP contribution >= 0.6 is 11.6 Å². The summed E-state index contributed by atoms with van der Waals surface area (Å²) < 4.78 is 27.6. The fourth-order valence-electron chi connectivity index (χ4n) is 2.40. The van der Waals surface area contributed by atoms with Gasteiger partial charge in [0.25, 0.3) is 10.0 Å². The summed E-state index contributed by atoms with van der Waals surface area (Å²) >= 11 is 6.05. The molecule has 0 unspecified atom stereocenters. The van der Waals surface area contributed by atoms with E-state index < -0.39 is 15.9 Å². The summed E-state index contributed by atoms with van der Waals surface area (Å²) in [5.41, 5.74) is 6.79. The van der Waals surface area contributed by atoms with Crippen LogP contribution in [-0.2, 0) is 21.2 Å². The number of H-pyrrole nitrogens is 1. The smallest absolute Gasteiger partial charge is 0.261 e. The molecule has 0 radical (unpaired) electrons. The van der Waals surface area contributed by atoms with Gasteiger partial charge < -0.3 is 10.7 Å². The van der Waals surface area contributed by atoms with Gasteiger partial charge in [-0.15, -0.1) is 0 Å². The summed E-state index contributed by atoms with van der Waals surface area (Å²) in [5.74, 6) is -0.473. The minimum Gasteiger partial charge on any atom is -0.369 e. The molecule has 0 atom stereocenters. The first-order valence-electron chi connectivity index (χ1n) is 7.02. The number of carbonyl (C=O) groups is 1. The first-order valence-corrected chi connectivity index (χ1v) is 8.88. The Morgan fingerprint density at radius 3 is 2.54 bits per heavy atom. The average molecular weight is 364 g/mol. The summed E-state index contributed by atoms with van der Waals surface area (Å²) in [6.45, 7) is 0. The number of rotatable bonds is 5. The lowest BCUT2D eigenvalue weighted by atomic mass is 10.1. The summed E-state index contributed by atoms with van der Waals surface area (Å²) in [4.78, 5) is 13.9. The molecule has 124 valence electrons. The minimum absolute atomic E-state index is 0.0635. The molecule has 3 aromatic rings. The zero-order valence-corrected chi connectivity index (χ0v) is 14.0. The molecule has 6 nitrogen and oxygen atoms in total. The Bertz CT molecular complexity index is 1010. The number of aromatic nitrogens is 1. The van der Waals surface area contributed by atoms with Crippen molar-refractivity contribution < 1.29 is 13.2 Å². The Balaban J connectivity index is 1.91. The van der Waals surface area contributed by atoms with Gasteiger partial charge in [0.05, 0.1) is 27.5 Å². The van der Waals surface area contributed by atoms with Crippen LogP contribution in [0.3, 0.4) is 0 Å². The molecule has 24 heavy (non-hydrogen) atoms. The number of aromatic amines is 1. The van der Waals surface area contributed by atoms with Crippen molar-refractivity contribution in [1.29, 1.82) is 0 Å². The fraction of sp³-hybridized carbons (Fsp3) is 0.0625. The van der Waals surface area contributed by atoms with E-state index >= 15 is 0 Å². The number of carbonyl (C=O) groups excluding carboxylic acids is 1. The predicted molar refractivity (Wildman–Crippen MR) is 93.5 cm³/mol. The lowest BCUT2D eigenvalue weighted by Crippen LogP contribution is -2.15. The van der Waals surface area contributed by atoms with Gasteiger partial charge in [0.1, 0.15) is 0 Å². The van der Waals surface area contributed by atoms with E-state index in [1.165, 1.54) is 12.1 Å². The predicted octanol–water partition coefficient (Wildman–Crippen LogP) is 2.65. The van der Waals surface area contributed by atoms with Gasteiger partial charge in [0.15, 0.2) is 0 Å². The number of amides is 1. The Morgan fingerprint density at radius 1 is 1.17 bits per heavy atom. The van der Waals surface area contributed by atoms with E-state index in [-0.39, 0.29) is 11.3 Å². The first kappa shape index (κ1) is 16.4. The molecule has 3 rings (SSSR count). The van der Waals surface area contributed by atoms with E-state index in [1.54, 1.807) is 36.5 Å². The molecule has 2 aromatic carbocycles. The second kappa shape index (κ2) is 6.18. The zero-order chi connectivity index (χ0) is 17.3. The molecule has 0 bridgehead atoms. The molecule has 0 fully saturated rings. The molecule has 0 saturated heterocycles. The molecular formula is C16H14ClN3O3S. The number of hydrogen-bond acceptors (Lipinski definition) is 3. The number of hydrogen-bond donors (Lipinski definition) is 3. The van der Waals surface area contributed by atoms with E-state index in [9.17, 15) is 13.2 Å². The SMILES string of the molecule is NC(=O)Cc1ccc(S(=O)(=O)Nc2cccc3c(Cl)c[nH]c23)cc1. The molecule has 0 saturated carbocycles. The molecule has 1 amide bonds. The van der Waals surface area contributed by atoms with Crippen molar-refractivity contribution in [3.05, 3.63) is 59.2 Å². The van der Waals surface area contributed by atoms with Crippen LogP contribution in [0.25, 0.3) is 10.9 Å². The standard InChI is InChI=1S/C16H14ClN3O3S/c17-13-9-19-16-12(13)2-1-3-14(16)20-24(22,23)11-6-4-10(5-7-11)8-15(18)21/h1-7,9,19-20H,8H2,(H2,18,21). The van der Waals surface area contributed by atoms with Crippen LogP contribution < -0.4 is 10.5 Å². The summed E-state index contributed by atoms with van der Waals surface area (Å²) in [5, 5.41) is 1.25. The van der Waals surface area contributed by atoms with E-state index in [1.807, 2.05) is 0 Å². The van der Waals surface area contributed by atoms with Gasteiger partial charge in [0, 0.05) is 11.6 Å². The quantitative estimate of drug-likeness (QED) is 0.648. The minimum atomic E-state index is -3.77. The highest BCUT2D eigenvalue weighted by Crippen LogP contribution is 2.29. The number of nitrogens with two attached hydrogens (primary N) is 1. The van der Waals surface area contributed by atoms with Crippen molar-refractivity contribution in [1.82, 2.24) is 4.98 Å². The van der Waals surface area contributed by atoms with Gasteiger partial charge in [-0.05, 0) is 23.8 Å². The maximum absolute atomic E-state index is 12.5. The molecule has 0 aliphatic carbocycles. The van der Waals surface area contributed by atoms with Crippen molar-refractivity contribution in [3.63, 3.8) is 0 Å².